The molecule has 1 aliphatic carbocycles. The van der Waals surface area contributed by atoms with Crippen LogP contribution in [0.4, 0.5) is 0 Å². The van der Waals surface area contributed by atoms with E-state index in [1.165, 1.54) is 25.7 Å². The van der Waals surface area contributed by atoms with Gasteiger partial charge in [-0.25, -0.2) is 0 Å². The normalized spacial score (nSPS) is 27.3. The highest BCUT2D eigenvalue weighted by Gasteiger charge is 2.30. The minimum atomic E-state index is 0.355. The number of likely N-dealkylation sites (tertiary alicyclic amines) is 1. The van der Waals surface area contributed by atoms with Crippen molar-refractivity contribution < 1.29 is 4.79 Å². The first-order valence-electron chi connectivity index (χ1n) is 6.74. The quantitative estimate of drug-likeness (QED) is 0.790. The summed E-state index contributed by atoms with van der Waals surface area (Å²) in [6.45, 7) is 3.03. The van der Waals surface area contributed by atoms with Crippen LogP contribution in [0.1, 0.15) is 38.5 Å². The fourth-order valence-electron chi connectivity index (χ4n) is 3.15. The molecule has 2 aliphatic rings. The second-order valence-corrected chi connectivity index (χ2v) is 5.33. The molecule has 3 nitrogen and oxygen atoms in total. The van der Waals surface area contributed by atoms with Crippen molar-refractivity contribution in [2.75, 3.05) is 26.7 Å². The third kappa shape index (κ3) is 2.76. The maximum Gasteiger partial charge on any atom is 0.225 e. The van der Waals surface area contributed by atoms with Crippen LogP contribution >= 0.6 is 0 Å². The molecular weight excluding hydrogens is 200 g/mol. The van der Waals surface area contributed by atoms with Gasteiger partial charge < -0.3 is 10.2 Å². The van der Waals surface area contributed by atoms with E-state index in [0.29, 0.717) is 17.7 Å². The standard InChI is InChI=1S/C13H24N2O/c1-14-9-11-5-4-8-15(10-11)13(16)12-6-2-3-7-12/h11-12,14H,2-10H2,1H3. The molecule has 3 heteroatoms. The summed E-state index contributed by atoms with van der Waals surface area (Å²) >= 11 is 0. The molecule has 1 saturated heterocycles. The summed E-state index contributed by atoms with van der Waals surface area (Å²) in [5.74, 6) is 1.47. The second-order valence-electron chi connectivity index (χ2n) is 5.33. The van der Waals surface area contributed by atoms with E-state index < -0.39 is 0 Å². The summed E-state index contributed by atoms with van der Waals surface area (Å²) in [7, 11) is 2.00. The molecule has 0 bridgehead atoms. The van der Waals surface area contributed by atoms with Gasteiger partial charge in [0.05, 0.1) is 0 Å². The van der Waals surface area contributed by atoms with Gasteiger partial charge in [0.1, 0.15) is 0 Å². The van der Waals surface area contributed by atoms with E-state index in [4.69, 9.17) is 0 Å². The fraction of sp³-hybridized carbons (Fsp3) is 0.923. The number of nitrogens with zero attached hydrogens (tertiary/aromatic N) is 1. The zero-order valence-corrected chi connectivity index (χ0v) is 10.4. The van der Waals surface area contributed by atoms with E-state index in [9.17, 15) is 4.79 Å². The molecule has 0 aromatic carbocycles. The molecule has 1 saturated carbocycles. The van der Waals surface area contributed by atoms with Crippen LogP contribution in [0.3, 0.4) is 0 Å². The predicted molar refractivity (Wildman–Crippen MR) is 65.2 cm³/mol. The van der Waals surface area contributed by atoms with Crippen molar-refractivity contribution in [1.29, 1.82) is 0 Å². The molecule has 1 unspecified atom stereocenters. The highest BCUT2D eigenvalue weighted by Crippen LogP contribution is 2.28. The first-order chi connectivity index (χ1) is 7.81. The Morgan fingerprint density at radius 1 is 1.25 bits per heavy atom. The number of hydrogen-bond acceptors (Lipinski definition) is 2. The van der Waals surface area contributed by atoms with Crippen molar-refractivity contribution in [2.45, 2.75) is 38.5 Å². The summed E-state index contributed by atoms with van der Waals surface area (Å²) in [5, 5.41) is 3.23. The summed E-state index contributed by atoms with van der Waals surface area (Å²) < 4.78 is 0. The molecule has 0 radical (unpaired) electrons. The zero-order chi connectivity index (χ0) is 11.4. The maximum absolute atomic E-state index is 12.3. The lowest BCUT2D eigenvalue weighted by atomic mass is 9.96. The lowest BCUT2D eigenvalue weighted by molar-refractivity contribution is -0.137. The van der Waals surface area contributed by atoms with Crippen LogP contribution in [0, 0.1) is 11.8 Å². The molecule has 16 heavy (non-hydrogen) atoms. The first-order valence-corrected chi connectivity index (χ1v) is 6.74. The number of hydrogen-bond donors (Lipinski definition) is 1. The van der Waals surface area contributed by atoms with Crippen molar-refractivity contribution in [1.82, 2.24) is 10.2 Å². The van der Waals surface area contributed by atoms with Crippen LogP contribution in [0.25, 0.3) is 0 Å². The number of carbonyl (C=O) groups excluding carboxylic acids is 1. The molecule has 0 aromatic rings. The maximum atomic E-state index is 12.3. The zero-order valence-electron chi connectivity index (χ0n) is 10.4. The number of carbonyl (C=O) groups is 1. The molecule has 1 heterocycles. The fourth-order valence-corrected chi connectivity index (χ4v) is 3.15. The van der Waals surface area contributed by atoms with Crippen molar-refractivity contribution in [3.63, 3.8) is 0 Å². The van der Waals surface area contributed by atoms with E-state index in [-0.39, 0.29) is 0 Å². The van der Waals surface area contributed by atoms with Crippen LogP contribution in [0.15, 0.2) is 0 Å². The molecular formula is C13H24N2O. The van der Waals surface area contributed by atoms with Crippen molar-refractivity contribution in [3.05, 3.63) is 0 Å². The Morgan fingerprint density at radius 3 is 2.69 bits per heavy atom. The summed E-state index contributed by atoms with van der Waals surface area (Å²) in [4.78, 5) is 14.4. The smallest absolute Gasteiger partial charge is 0.225 e. The van der Waals surface area contributed by atoms with Gasteiger partial charge in [0.15, 0.2) is 0 Å². The number of piperidine rings is 1. The van der Waals surface area contributed by atoms with Gasteiger partial charge in [0.25, 0.3) is 0 Å². The van der Waals surface area contributed by atoms with Gasteiger partial charge in [-0.2, -0.15) is 0 Å². The molecule has 2 rings (SSSR count). The lowest BCUT2D eigenvalue weighted by Gasteiger charge is -2.34. The molecule has 92 valence electrons. The van der Waals surface area contributed by atoms with Gasteiger partial charge >= 0.3 is 0 Å². The molecule has 1 N–H and O–H groups in total. The van der Waals surface area contributed by atoms with Crippen LogP contribution in [-0.4, -0.2) is 37.5 Å². The Labute approximate surface area is 98.6 Å². The van der Waals surface area contributed by atoms with E-state index in [1.54, 1.807) is 0 Å². The molecule has 0 aromatic heterocycles. The Morgan fingerprint density at radius 2 is 2.00 bits per heavy atom. The van der Waals surface area contributed by atoms with Crippen LogP contribution < -0.4 is 5.32 Å². The van der Waals surface area contributed by atoms with Crippen molar-refractivity contribution >= 4 is 5.91 Å². The number of rotatable bonds is 3. The number of nitrogens with one attached hydrogen (secondary N) is 1. The van der Waals surface area contributed by atoms with Gasteiger partial charge in [0, 0.05) is 19.0 Å². The Bertz CT molecular complexity index is 234. The van der Waals surface area contributed by atoms with Crippen LogP contribution in [0.2, 0.25) is 0 Å². The SMILES string of the molecule is CNCC1CCCN(C(=O)C2CCCC2)C1. The monoisotopic (exact) mass is 224 g/mol. The van der Waals surface area contributed by atoms with Crippen LogP contribution in [0.5, 0.6) is 0 Å². The second kappa shape index (κ2) is 5.67. The molecule has 2 fully saturated rings. The van der Waals surface area contributed by atoms with Crippen molar-refractivity contribution in [3.8, 4) is 0 Å². The minimum Gasteiger partial charge on any atom is -0.342 e. The van der Waals surface area contributed by atoms with Gasteiger partial charge in [-0.05, 0) is 45.2 Å². The minimum absolute atomic E-state index is 0.355. The average Bonchev–Trinajstić information content (AvgIpc) is 2.82. The highest BCUT2D eigenvalue weighted by molar-refractivity contribution is 5.79. The van der Waals surface area contributed by atoms with E-state index in [1.807, 2.05) is 7.05 Å². The van der Waals surface area contributed by atoms with E-state index in [2.05, 4.69) is 10.2 Å². The highest BCUT2D eigenvalue weighted by atomic mass is 16.2. The third-order valence-electron chi connectivity index (χ3n) is 4.03. The van der Waals surface area contributed by atoms with E-state index in [0.717, 1.165) is 32.5 Å². The molecule has 1 amide bonds. The molecule has 1 atom stereocenters. The summed E-state index contributed by atoms with van der Waals surface area (Å²) in [5.41, 5.74) is 0. The summed E-state index contributed by atoms with van der Waals surface area (Å²) in [6.07, 6.45) is 7.23. The number of amides is 1. The molecule has 1 aliphatic heterocycles. The first kappa shape index (κ1) is 11.9. The third-order valence-corrected chi connectivity index (χ3v) is 4.03. The van der Waals surface area contributed by atoms with Gasteiger partial charge in [0.2, 0.25) is 5.91 Å². The van der Waals surface area contributed by atoms with Crippen molar-refractivity contribution in [2.24, 2.45) is 11.8 Å². The predicted octanol–water partition coefficient (Wildman–Crippen LogP) is 1.63. The lowest BCUT2D eigenvalue weighted by Crippen LogP contribution is -2.44. The van der Waals surface area contributed by atoms with Gasteiger partial charge in [-0.3, -0.25) is 4.79 Å². The van der Waals surface area contributed by atoms with Gasteiger partial charge in [-0.1, -0.05) is 12.8 Å². The van der Waals surface area contributed by atoms with Gasteiger partial charge in [-0.15, -0.1) is 0 Å². The van der Waals surface area contributed by atoms with Crippen LogP contribution in [-0.2, 0) is 4.79 Å². The Kier molecular flexibility index (Phi) is 4.22. The largest absolute Gasteiger partial charge is 0.342 e. The molecule has 0 spiro atoms. The Hall–Kier alpha value is -0.570. The average molecular weight is 224 g/mol. The Balaban J connectivity index is 1.85. The van der Waals surface area contributed by atoms with E-state index >= 15 is 0 Å². The topological polar surface area (TPSA) is 32.3 Å². The summed E-state index contributed by atoms with van der Waals surface area (Å²) in [6, 6.07) is 0.